The van der Waals surface area contributed by atoms with E-state index < -0.39 is 23.7 Å². The Morgan fingerprint density at radius 3 is 2.51 bits per heavy atom. The number of aryl methyl sites for hydroxylation is 1. The van der Waals surface area contributed by atoms with Gasteiger partial charge in [0.1, 0.15) is 11.4 Å². The summed E-state index contributed by atoms with van der Waals surface area (Å²) in [5.41, 5.74) is 3.47. The fraction of sp³-hybridized carbons (Fsp3) is 0.379. The molecule has 2 amide bonds. The van der Waals surface area contributed by atoms with Gasteiger partial charge >= 0.3 is 18.1 Å². The summed E-state index contributed by atoms with van der Waals surface area (Å²) in [6.07, 6.45) is 2.72. The van der Waals surface area contributed by atoms with Crippen molar-refractivity contribution < 1.29 is 28.6 Å². The van der Waals surface area contributed by atoms with Crippen LogP contribution in [-0.4, -0.2) is 65.7 Å². The minimum atomic E-state index is -0.626. The van der Waals surface area contributed by atoms with Crippen LogP contribution < -0.4 is 9.64 Å². The van der Waals surface area contributed by atoms with Crippen molar-refractivity contribution in [2.75, 3.05) is 32.2 Å². The monoisotopic (exact) mass is 534 g/mol. The summed E-state index contributed by atoms with van der Waals surface area (Å²) < 4.78 is 16.8. The van der Waals surface area contributed by atoms with E-state index in [0.717, 1.165) is 27.9 Å². The Labute approximate surface area is 228 Å². The van der Waals surface area contributed by atoms with Crippen molar-refractivity contribution in [3.63, 3.8) is 0 Å². The highest BCUT2D eigenvalue weighted by Gasteiger charge is 2.36. The lowest BCUT2D eigenvalue weighted by molar-refractivity contribution is -0.141. The summed E-state index contributed by atoms with van der Waals surface area (Å²) in [5, 5.41) is 4.15. The van der Waals surface area contributed by atoms with Gasteiger partial charge in [0.25, 0.3) is 0 Å². The Morgan fingerprint density at radius 1 is 1.08 bits per heavy atom. The molecule has 2 heterocycles. The van der Waals surface area contributed by atoms with E-state index in [1.54, 1.807) is 50.1 Å². The van der Waals surface area contributed by atoms with Gasteiger partial charge in [-0.2, -0.15) is 9.78 Å². The highest BCUT2D eigenvalue weighted by atomic mass is 16.6. The van der Waals surface area contributed by atoms with Gasteiger partial charge in [-0.05, 0) is 68.7 Å². The van der Waals surface area contributed by atoms with Gasteiger partial charge in [0.15, 0.2) is 0 Å². The van der Waals surface area contributed by atoms with E-state index in [2.05, 4.69) is 5.10 Å². The summed E-state index contributed by atoms with van der Waals surface area (Å²) in [4.78, 5) is 41.6. The number of amides is 2. The van der Waals surface area contributed by atoms with Crippen LogP contribution in [0.4, 0.5) is 15.3 Å². The second-order valence-corrected chi connectivity index (χ2v) is 10.4. The number of urea groups is 1. The van der Waals surface area contributed by atoms with Crippen molar-refractivity contribution in [1.29, 1.82) is 0 Å². The van der Waals surface area contributed by atoms with Crippen LogP contribution in [0.2, 0.25) is 0 Å². The molecule has 1 saturated heterocycles. The number of nitrogens with zero attached hydrogens (tertiary/aromatic N) is 4. The smallest absolute Gasteiger partial charge is 0.435 e. The Hall–Kier alpha value is -4.34. The van der Waals surface area contributed by atoms with Crippen molar-refractivity contribution in [3.8, 4) is 16.9 Å². The van der Waals surface area contributed by atoms with E-state index >= 15 is 0 Å². The van der Waals surface area contributed by atoms with Crippen LogP contribution in [0, 0.1) is 6.92 Å². The van der Waals surface area contributed by atoms with Gasteiger partial charge < -0.3 is 19.1 Å². The van der Waals surface area contributed by atoms with Crippen molar-refractivity contribution in [2.45, 2.75) is 45.8 Å². The fourth-order valence-corrected chi connectivity index (χ4v) is 4.59. The highest BCUT2D eigenvalue weighted by Crippen LogP contribution is 2.34. The van der Waals surface area contributed by atoms with Crippen molar-refractivity contribution >= 4 is 23.8 Å². The molecule has 0 bridgehead atoms. The molecular weight excluding hydrogens is 500 g/mol. The highest BCUT2D eigenvalue weighted by molar-refractivity contribution is 5.95. The Morgan fingerprint density at radius 2 is 1.85 bits per heavy atom. The average molecular weight is 535 g/mol. The molecule has 0 radical (unpaired) electrons. The van der Waals surface area contributed by atoms with Crippen LogP contribution >= 0.6 is 0 Å². The average Bonchev–Trinajstić information content (AvgIpc) is 3.53. The predicted molar refractivity (Wildman–Crippen MR) is 146 cm³/mol. The number of aromatic nitrogens is 2. The minimum Gasteiger partial charge on any atom is -0.497 e. The Balaban J connectivity index is 1.55. The maximum absolute atomic E-state index is 13.6. The number of benzene rings is 2. The molecular formula is C29H34N4O6. The molecule has 3 aromatic rings. The number of carbonyl (C=O) groups excluding carboxylic acids is 3. The number of methoxy groups -OCH3 is 2. The first kappa shape index (κ1) is 27.7. The van der Waals surface area contributed by atoms with Crippen LogP contribution in [-0.2, 0) is 14.3 Å². The Bertz CT molecular complexity index is 1380. The number of esters is 1. The number of carbonyl (C=O) groups is 3. The first-order chi connectivity index (χ1) is 18.5. The lowest BCUT2D eigenvalue weighted by atomic mass is 10.0. The van der Waals surface area contributed by atoms with E-state index in [4.69, 9.17) is 14.2 Å². The summed E-state index contributed by atoms with van der Waals surface area (Å²) in [6.45, 7) is 8.25. The molecule has 206 valence electrons. The van der Waals surface area contributed by atoms with Crippen LogP contribution in [0.15, 0.2) is 54.9 Å². The summed E-state index contributed by atoms with van der Waals surface area (Å²) in [7, 11) is 2.91. The molecule has 1 aromatic heterocycles. The molecule has 1 unspecified atom stereocenters. The third-order valence-corrected chi connectivity index (χ3v) is 6.48. The van der Waals surface area contributed by atoms with Crippen molar-refractivity contribution in [2.24, 2.45) is 0 Å². The topological polar surface area (TPSA) is 103 Å². The zero-order chi connectivity index (χ0) is 28.3. The largest absolute Gasteiger partial charge is 0.497 e. The van der Waals surface area contributed by atoms with Gasteiger partial charge in [0, 0.05) is 30.5 Å². The molecule has 10 nitrogen and oxygen atoms in total. The molecule has 1 aliphatic rings. The van der Waals surface area contributed by atoms with E-state index in [9.17, 15) is 14.4 Å². The van der Waals surface area contributed by atoms with Crippen LogP contribution in [0.3, 0.4) is 0 Å². The van der Waals surface area contributed by atoms with Gasteiger partial charge in [-0.25, -0.2) is 9.59 Å². The summed E-state index contributed by atoms with van der Waals surface area (Å²) >= 11 is 0. The Kier molecular flexibility index (Phi) is 7.94. The van der Waals surface area contributed by atoms with Gasteiger partial charge in [0.2, 0.25) is 0 Å². The molecule has 0 spiro atoms. The first-order valence-corrected chi connectivity index (χ1v) is 12.7. The van der Waals surface area contributed by atoms with Crippen molar-refractivity contribution in [3.05, 3.63) is 66.0 Å². The number of hydrogen-bond acceptors (Lipinski definition) is 7. The van der Waals surface area contributed by atoms with Crippen LogP contribution in [0.5, 0.6) is 5.75 Å². The maximum atomic E-state index is 13.6. The van der Waals surface area contributed by atoms with Crippen molar-refractivity contribution in [1.82, 2.24) is 14.7 Å². The normalized spacial score (nSPS) is 14.4. The van der Waals surface area contributed by atoms with Gasteiger partial charge in [0.05, 0.1) is 32.9 Å². The molecule has 0 aliphatic carbocycles. The molecule has 0 saturated carbocycles. The second kappa shape index (κ2) is 11.2. The van der Waals surface area contributed by atoms with Gasteiger partial charge in [-0.15, -0.1) is 0 Å². The summed E-state index contributed by atoms with van der Waals surface area (Å²) in [5.74, 6) is 0.244. The zero-order valence-electron chi connectivity index (χ0n) is 23.1. The number of anilines is 1. The molecule has 1 aliphatic heterocycles. The molecule has 1 fully saturated rings. The third-order valence-electron chi connectivity index (χ3n) is 6.48. The number of ether oxygens (including phenoxy) is 3. The lowest BCUT2D eigenvalue weighted by Gasteiger charge is -2.28. The van der Waals surface area contributed by atoms with Gasteiger partial charge in [-0.3, -0.25) is 9.69 Å². The molecule has 0 N–H and O–H groups in total. The molecule has 4 rings (SSSR count). The fourth-order valence-electron chi connectivity index (χ4n) is 4.59. The molecule has 10 heteroatoms. The molecule has 1 atom stereocenters. The second-order valence-electron chi connectivity index (χ2n) is 10.4. The summed E-state index contributed by atoms with van der Waals surface area (Å²) in [6, 6.07) is 12.4. The molecule has 39 heavy (non-hydrogen) atoms. The predicted octanol–water partition coefficient (Wildman–Crippen LogP) is 5.20. The van der Waals surface area contributed by atoms with E-state index in [0.29, 0.717) is 18.8 Å². The van der Waals surface area contributed by atoms with Crippen LogP contribution in [0.1, 0.15) is 44.4 Å². The number of rotatable bonds is 7. The number of hydrogen-bond donors (Lipinski definition) is 0. The SMILES string of the molecule is COC(=O)CC(c1cccc(OC)c1)N1CCN(c2ccc(-c3cnn(C(=O)OC(C)(C)C)c3)c(C)c2)C1=O. The third kappa shape index (κ3) is 6.22. The first-order valence-electron chi connectivity index (χ1n) is 12.7. The van der Waals surface area contributed by atoms with E-state index in [1.807, 2.05) is 49.4 Å². The lowest BCUT2D eigenvalue weighted by Crippen LogP contribution is -2.36. The quantitative estimate of drug-likeness (QED) is 0.384. The van der Waals surface area contributed by atoms with E-state index in [1.165, 1.54) is 11.8 Å². The van der Waals surface area contributed by atoms with Crippen LogP contribution in [0.25, 0.3) is 11.1 Å². The zero-order valence-corrected chi connectivity index (χ0v) is 23.1. The van der Waals surface area contributed by atoms with Gasteiger partial charge in [-0.1, -0.05) is 18.2 Å². The maximum Gasteiger partial charge on any atom is 0.435 e. The van der Waals surface area contributed by atoms with E-state index in [-0.39, 0.29) is 12.5 Å². The molecule has 2 aromatic carbocycles. The standard InChI is InChI=1S/C29H34N4O6/c1-19-14-22(10-11-24(19)21-17-30-33(18-21)28(36)39-29(2,3)4)31-12-13-32(27(31)35)25(16-26(34)38-6)20-8-7-9-23(15-20)37-5/h7-11,14-15,17-18,25H,12-13,16H2,1-6H3. The minimum absolute atomic E-state index is 0.0306.